The van der Waals surface area contributed by atoms with Crippen LogP contribution in [0.25, 0.3) is 0 Å². The van der Waals surface area contributed by atoms with Crippen LogP contribution in [0.4, 0.5) is 0 Å². The van der Waals surface area contributed by atoms with Gasteiger partial charge in [-0.2, -0.15) is 5.10 Å². The highest BCUT2D eigenvalue weighted by molar-refractivity contribution is 6.31. The third-order valence-corrected chi connectivity index (χ3v) is 3.69. The Labute approximate surface area is 134 Å². The average Bonchev–Trinajstić information content (AvgIpc) is 2.49. The first-order valence-corrected chi connectivity index (χ1v) is 7.17. The smallest absolute Gasteiger partial charge is 0.275 e. The first-order chi connectivity index (χ1) is 10.4. The van der Waals surface area contributed by atoms with E-state index < -0.39 is 5.91 Å². The minimum absolute atomic E-state index is 0.0872. The summed E-state index contributed by atoms with van der Waals surface area (Å²) in [6.45, 7) is 5.87. The molecule has 0 saturated heterocycles. The maximum Gasteiger partial charge on any atom is 0.275 e. The maximum absolute atomic E-state index is 12.0. The summed E-state index contributed by atoms with van der Waals surface area (Å²) in [5.74, 6) is -0.649. The Balaban J connectivity index is 2.18. The van der Waals surface area contributed by atoms with E-state index in [1.54, 1.807) is 0 Å². The van der Waals surface area contributed by atoms with E-state index in [4.69, 9.17) is 11.6 Å². The third kappa shape index (κ3) is 3.65. The van der Waals surface area contributed by atoms with Gasteiger partial charge in [0.2, 0.25) is 0 Å². The van der Waals surface area contributed by atoms with Gasteiger partial charge in [-0.15, -0.1) is 0 Å². The number of rotatable bonds is 3. The summed E-state index contributed by atoms with van der Waals surface area (Å²) in [4.78, 5) is 12.0. The minimum Gasteiger partial charge on any atom is -0.507 e. The largest absolute Gasteiger partial charge is 0.507 e. The number of carbonyl (C=O) groups excluding carboxylic acids is 1. The molecule has 0 fully saturated rings. The lowest BCUT2D eigenvalue weighted by atomic mass is 10.0. The summed E-state index contributed by atoms with van der Waals surface area (Å²) < 4.78 is 0. The Morgan fingerprint density at radius 2 is 1.86 bits per heavy atom. The van der Waals surface area contributed by atoms with Crippen LogP contribution in [0.3, 0.4) is 0 Å². The van der Waals surface area contributed by atoms with Gasteiger partial charge in [0.25, 0.3) is 5.91 Å². The number of halogens is 1. The fourth-order valence-electron chi connectivity index (χ4n) is 1.92. The van der Waals surface area contributed by atoms with Crippen molar-refractivity contribution in [3.63, 3.8) is 0 Å². The number of amides is 1. The van der Waals surface area contributed by atoms with Crippen LogP contribution in [-0.4, -0.2) is 16.7 Å². The Morgan fingerprint density at radius 1 is 1.14 bits per heavy atom. The van der Waals surface area contributed by atoms with E-state index in [2.05, 4.69) is 10.5 Å². The molecule has 5 heteroatoms. The number of hydrogen-bond donors (Lipinski definition) is 2. The van der Waals surface area contributed by atoms with Crippen molar-refractivity contribution < 1.29 is 9.90 Å². The molecule has 0 aromatic heterocycles. The number of aryl methyl sites for hydroxylation is 2. The van der Waals surface area contributed by atoms with Crippen LogP contribution in [0.1, 0.15) is 34.0 Å². The maximum atomic E-state index is 12.0. The molecule has 0 saturated carbocycles. The van der Waals surface area contributed by atoms with Gasteiger partial charge in [0.1, 0.15) is 5.75 Å². The summed E-state index contributed by atoms with van der Waals surface area (Å²) in [6.07, 6.45) is 0. The molecule has 4 nitrogen and oxygen atoms in total. The molecule has 0 atom stereocenters. The highest BCUT2D eigenvalue weighted by atomic mass is 35.5. The second kappa shape index (κ2) is 6.62. The second-order valence-corrected chi connectivity index (χ2v) is 5.54. The van der Waals surface area contributed by atoms with Crippen molar-refractivity contribution in [2.75, 3.05) is 0 Å². The van der Waals surface area contributed by atoms with E-state index >= 15 is 0 Å². The number of carbonyl (C=O) groups is 1. The van der Waals surface area contributed by atoms with E-state index in [-0.39, 0.29) is 11.3 Å². The van der Waals surface area contributed by atoms with E-state index in [0.717, 1.165) is 11.1 Å². The van der Waals surface area contributed by atoms with Gasteiger partial charge in [0.05, 0.1) is 11.3 Å². The zero-order chi connectivity index (χ0) is 16.3. The predicted octanol–water partition coefficient (Wildman–Crippen LogP) is 3.82. The average molecular weight is 317 g/mol. The lowest BCUT2D eigenvalue weighted by Crippen LogP contribution is -2.19. The molecule has 2 aromatic rings. The van der Waals surface area contributed by atoms with E-state index in [9.17, 15) is 9.90 Å². The van der Waals surface area contributed by atoms with Gasteiger partial charge in [-0.25, -0.2) is 5.43 Å². The number of phenols is 1. The molecule has 0 aliphatic heterocycles. The number of hydrogen-bond acceptors (Lipinski definition) is 3. The van der Waals surface area contributed by atoms with Crippen molar-refractivity contribution >= 4 is 23.2 Å². The van der Waals surface area contributed by atoms with Gasteiger partial charge < -0.3 is 5.11 Å². The van der Waals surface area contributed by atoms with Crippen molar-refractivity contribution in [2.24, 2.45) is 5.10 Å². The molecule has 2 N–H and O–H groups in total. The quantitative estimate of drug-likeness (QED) is 0.668. The second-order valence-electron chi connectivity index (χ2n) is 5.10. The van der Waals surface area contributed by atoms with Gasteiger partial charge >= 0.3 is 0 Å². The molecular formula is C17H17ClN2O2. The van der Waals surface area contributed by atoms with Gasteiger partial charge in [-0.1, -0.05) is 23.7 Å². The number of aromatic hydroxyl groups is 1. The van der Waals surface area contributed by atoms with E-state index in [0.29, 0.717) is 10.7 Å². The van der Waals surface area contributed by atoms with Crippen LogP contribution < -0.4 is 5.43 Å². The Morgan fingerprint density at radius 3 is 2.55 bits per heavy atom. The SMILES string of the molecule is C/C(=N\NC(=O)c1cc(Cl)ccc1O)c1ccc(C)c(C)c1. The molecule has 0 heterocycles. The van der Waals surface area contributed by atoms with Crippen LogP contribution in [-0.2, 0) is 0 Å². The minimum atomic E-state index is -0.511. The summed E-state index contributed by atoms with van der Waals surface area (Å²) in [7, 11) is 0. The predicted molar refractivity (Wildman–Crippen MR) is 88.7 cm³/mol. The molecule has 0 unspecified atom stereocenters. The van der Waals surface area contributed by atoms with E-state index in [1.165, 1.54) is 23.8 Å². The molecule has 1 amide bonds. The molecular weight excluding hydrogens is 300 g/mol. The van der Waals surface area contributed by atoms with E-state index in [1.807, 2.05) is 39.0 Å². The van der Waals surface area contributed by atoms with Crippen LogP contribution in [0.5, 0.6) is 5.75 Å². The Kier molecular flexibility index (Phi) is 4.83. The van der Waals surface area contributed by atoms with Crippen molar-refractivity contribution in [1.29, 1.82) is 0 Å². The van der Waals surface area contributed by atoms with Crippen LogP contribution in [0.15, 0.2) is 41.5 Å². The molecule has 0 radical (unpaired) electrons. The molecule has 0 aliphatic rings. The summed E-state index contributed by atoms with van der Waals surface area (Å²) in [5.41, 5.74) is 6.48. The molecule has 0 bridgehead atoms. The summed E-state index contributed by atoms with van der Waals surface area (Å²) in [5, 5.41) is 14.1. The van der Waals surface area contributed by atoms with Gasteiger partial charge in [0, 0.05) is 5.02 Å². The number of nitrogens with zero attached hydrogens (tertiary/aromatic N) is 1. The normalized spacial score (nSPS) is 11.4. The fourth-order valence-corrected chi connectivity index (χ4v) is 2.09. The van der Waals surface area contributed by atoms with Crippen LogP contribution in [0, 0.1) is 13.8 Å². The first-order valence-electron chi connectivity index (χ1n) is 6.79. The molecule has 2 rings (SSSR count). The summed E-state index contributed by atoms with van der Waals surface area (Å²) >= 11 is 5.82. The first kappa shape index (κ1) is 16.0. The van der Waals surface area contributed by atoms with Gasteiger partial charge in [-0.3, -0.25) is 4.79 Å². The zero-order valence-electron chi connectivity index (χ0n) is 12.6. The number of phenolic OH excluding ortho intramolecular Hbond substituents is 1. The molecule has 114 valence electrons. The van der Waals surface area contributed by atoms with Crippen molar-refractivity contribution in [3.8, 4) is 5.75 Å². The standard InChI is InChI=1S/C17H17ClN2O2/c1-10-4-5-13(8-11(10)2)12(3)19-20-17(22)15-9-14(18)6-7-16(15)21/h4-9,21H,1-3H3,(H,20,22)/b19-12+. The molecule has 0 aliphatic carbocycles. The van der Waals surface area contributed by atoms with Crippen molar-refractivity contribution in [3.05, 3.63) is 63.7 Å². The molecule has 2 aromatic carbocycles. The lowest BCUT2D eigenvalue weighted by Gasteiger charge is -2.07. The van der Waals surface area contributed by atoms with Gasteiger partial charge in [0.15, 0.2) is 0 Å². The third-order valence-electron chi connectivity index (χ3n) is 3.45. The van der Waals surface area contributed by atoms with Crippen molar-refractivity contribution in [2.45, 2.75) is 20.8 Å². The molecule has 22 heavy (non-hydrogen) atoms. The fraction of sp³-hybridized carbons (Fsp3) is 0.176. The lowest BCUT2D eigenvalue weighted by molar-refractivity contribution is 0.0952. The molecule has 0 spiro atoms. The Bertz CT molecular complexity index is 754. The van der Waals surface area contributed by atoms with Crippen LogP contribution in [0.2, 0.25) is 5.02 Å². The van der Waals surface area contributed by atoms with Crippen molar-refractivity contribution in [1.82, 2.24) is 5.43 Å². The monoisotopic (exact) mass is 316 g/mol. The highest BCUT2D eigenvalue weighted by Gasteiger charge is 2.11. The number of nitrogens with one attached hydrogen (secondary N) is 1. The number of hydrazone groups is 1. The highest BCUT2D eigenvalue weighted by Crippen LogP contribution is 2.21. The summed E-state index contributed by atoms with van der Waals surface area (Å²) in [6, 6.07) is 10.2. The zero-order valence-corrected chi connectivity index (χ0v) is 13.4. The Hall–Kier alpha value is -2.33. The topological polar surface area (TPSA) is 61.7 Å². The van der Waals surface area contributed by atoms with Gasteiger partial charge in [-0.05, 0) is 61.7 Å². The number of benzene rings is 2. The van der Waals surface area contributed by atoms with Crippen LogP contribution >= 0.6 is 11.6 Å².